The van der Waals surface area contributed by atoms with Crippen molar-refractivity contribution in [3.8, 4) is 18.2 Å². The number of amides is 1. The van der Waals surface area contributed by atoms with Crippen molar-refractivity contribution in [3.05, 3.63) is 45.6 Å². The Hall–Kier alpha value is -2.62. The van der Waals surface area contributed by atoms with E-state index in [4.69, 9.17) is 10.5 Å². The molecule has 1 aliphatic rings. The van der Waals surface area contributed by atoms with Gasteiger partial charge in [0.1, 0.15) is 17.7 Å². The molecule has 21 heavy (non-hydrogen) atoms. The minimum atomic E-state index is -0.724. The molecule has 1 fully saturated rings. The van der Waals surface area contributed by atoms with E-state index in [9.17, 15) is 10.1 Å². The average molecular weight is 341 g/mol. The fourth-order valence-electron chi connectivity index (χ4n) is 2.34. The summed E-state index contributed by atoms with van der Waals surface area (Å²) in [5.41, 5.74) is 0.704. The van der Waals surface area contributed by atoms with Crippen LogP contribution >= 0.6 is 15.9 Å². The monoisotopic (exact) mass is 340 g/mol. The molecule has 1 aromatic carbocycles. The zero-order valence-electron chi connectivity index (χ0n) is 10.8. The van der Waals surface area contributed by atoms with E-state index in [1.54, 1.807) is 12.1 Å². The molecule has 6 heteroatoms. The van der Waals surface area contributed by atoms with Crippen molar-refractivity contribution in [1.29, 1.82) is 15.8 Å². The van der Waals surface area contributed by atoms with Crippen molar-refractivity contribution in [2.75, 3.05) is 0 Å². The zero-order chi connectivity index (χ0) is 15.4. The normalized spacial score (nSPS) is 20.7. The molecule has 1 amide bonds. The Morgan fingerprint density at radius 1 is 1.19 bits per heavy atom. The highest BCUT2D eigenvalue weighted by Crippen LogP contribution is 2.36. The number of carbonyl (C=O) groups is 1. The summed E-state index contributed by atoms with van der Waals surface area (Å²) in [5, 5.41) is 29.9. The summed E-state index contributed by atoms with van der Waals surface area (Å²) < 4.78 is 0.894. The van der Waals surface area contributed by atoms with E-state index in [0.717, 1.165) is 10.0 Å². The summed E-state index contributed by atoms with van der Waals surface area (Å²) >= 11 is 3.33. The maximum absolute atomic E-state index is 11.8. The van der Waals surface area contributed by atoms with E-state index < -0.39 is 5.92 Å². The molecule has 1 heterocycles. The Kier molecular flexibility index (Phi) is 4.38. The first-order valence-electron chi connectivity index (χ1n) is 6.10. The van der Waals surface area contributed by atoms with Gasteiger partial charge in [-0.15, -0.1) is 0 Å². The second kappa shape index (κ2) is 6.22. The predicted molar refractivity (Wildman–Crippen MR) is 77.0 cm³/mol. The standard InChI is InChI=1S/C15H9BrN4O/c16-11-3-1-9(2-4-11)12-5-14(21)20-15(13(12)8-19)10(6-17)7-18/h1-4,12-13H,5H2,(H,20,21). The summed E-state index contributed by atoms with van der Waals surface area (Å²) in [6, 6.07) is 12.9. The molecule has 0 saturated carbocycles. The molecule has 1 aliphatic heterocycles. The van der Waals surface area contributed by atoms with Crippen molar-refractivity contribution in [2.24, 2.45) is 5.92 Å². The lowest BCUT2D eigenvalue weighted by atomic mass is 9.78. The first-order valence-corrected chi connectivity index (χ1v) is 6.89. The number of piperidine rings is 1. The molecule has 0 aliphatic carbocycles. The van der Waals surface area contributed by atoms with Gasteiger partial charge in [0.2, 0.25) is 5.91 Å². The van der Waals surface area contributed by atoms with E-state index in [1.807, 2.05) is 24.3 Å². The Morgan fingerprint density at radius 3 is 2.33 bits per heavy atom. The Balaban J connectivity index is 2.52. The van der Waals surface area contributed by atoms with Gasteiger partial charge in [-0.3, -0.25) is 4.79 Å². The predicted octanol–water partition coefficient (Wildman–Crippen LogP) is 2.49. The molecule has 1 aromatic rings. The van der Waals surface area contributed by atoms with E-state index in [2.05, 4.69) is 27.3 Å². The lowest BCUT2D eigenvalue weighted by Crippen LogP contribution is -2.38. The van der Waals surface area contributed by atoms with Crippen LogP contribution in [0.1, 0.15) is 17.9 Å². The Bertz CT molecular complexity index is 715. The fraction of sp³-hybridized carbons (Fsp3) is 0.200. The molecule has 0 bridgehead atoms. The highest BCUT2D eigenvalue weighted by molar-refractivity contribution is 9.10. The van der Waals surface area contributed by atoms with Crippen LogP contribution in [0.15, 0.2) is 40.0 Å². The van der Waals surface area contributed by atoms with Crippen LogP contribution in [0.3, 0.4) is 0 Å². The topological polar surface area (TPSA) is 100 Å². The second-order valence-corrected chi connectivity index (χ2v) is 5.45. The number of nitriles is 3. The molecule has 5 nitrogen and oxygen atoms in total. The van der Waals surface area contributed by atoms with Gasteiger partial charge in [-0.2, -0.15) is 15.8 Å². The third kappa shape index (κ3) is 2.94. The van der Waals surface area contributed by atoms with Crippen molar-refractivity contribution in [2.45, 2.75) is 12.3 Å². The molecule has 0 radical (unpaired) electrons. The van der Waals surface area contributed by atoms with E-state index in [-0.39, 0.29) is 29.5 Å². The van der Waals surface area contributed by atoms with Gasteiger partial charge in [0.15, 0.2) is 0 Å². The first-order chi connectivity index (χ1) is 10.1. The summed E-state index contributed by atoms with van der Waals surface area (Å²) in [5.74, 6) is -1.39. The van der Waals surface area contributed by atoms with Crippen LogP contribution in [0.4, 0.5) is 0 Å². The van der Waals surface area contributed by atoms with Gasteiger partial charge < -0.3 is 5.32 Å². The molecule has 2 atom stereocenters. The lowest BCUT2D eigenvalue weighted by Gasteiger charge is -2.29. The van der Waals surface area contributed by atoms with Gasteiger partial charge in [-0.05, 0) is 17.7 Å². The van der Waals surface area contributed by atoms with Crippen molar-refractivity contribution >= 4 is 21.8 Å². The van der Waals surface area contributed by atoms with Crippen molar-refractivity contribution in [1.82, 2.24) is 5.32 Å². The van der Waals surface area contributed by atoms with Gasteiger partial charge in [-0.1, -0.05) is 28.1 Å². The highest BCUT2D eigenvalue weighted by atomic mass is 79.9. The number of nitrogens with zero attached hydrogens (tertiary/aromatic N) is 3. The third-order valence-corrected chi connectivity index (χ3v) is 3.85. The van der Waals surface area contributed by atoms with Gasteiger partial charge in [0, 0.05) is 16.8 Å². The SMILES string of the molecule is N#CC(C#N)=C1NC(=O)CC(c2ccc(Br)cc2)C1C#N. The minimum Gasteiger partial charge on any atom is -0.327 e. The van der Waals surface area contributed by atoms with Crippen LogP contribution in [0.2, 0.25) is 0 Å². The third-order valence-electron chi connectivity index (χ3n) is 3.32. The van der Waals surface area contributed by atoms with Gasteiger partial charge in [0.25, 0.3) is 0 Å². The summed E-state index contributed by atoms with van der Waals surface area (Å²) in [6.45, 7) is 0. The van der Waals surface area contributed by atoms with Gasteiger partial charge >= 0.3 is 0 Å². The van der Waals surface area contributed by atoms with Crippen LogP contribution in [0.5, 0.6) is 0 Å². The Morgan fingerprint density at radius 2 is 1.81 bits per heavy atom. The maximum atomic E-state index is 11.8. The highest BCUT2D eigenvalue weighted by Gasteiger charge is 2.36. The average Bonchev–Trinajstić information content (AvgIpc) is 2.49. The van der Waals surface area contributed by atoms with Crippen molar-refractivity contribution in [3.63, 3.8) is 0 Å². The number of rotatable bonds is 1. The molecule has 0 spiro atoms. The molecule has 1 saturated heterocycles. The summed E-state index contributed by atoms with van der Waals surface area (Å²) in [7, 11) is 0. The van der Waals surface area contributed by atoms with E-state index >= 15 is 0 Å². The van der Waals surface area contributed by atoms with Crippen LogP contribution in [0, 0.1) is 39.9 Å². The first kappa shape index (κ1) is 14.8. The zero-order valence-corrected chi connectivity index (χ0v) is 12.4. The number of hydrogen-bond acceptors (Lipinski definition) is 4. The van der Waals surface area contributed by atoms with E-state index in [1.165, 1.54) is 0 Å². The number of carbonyl (C=O) groups excluding carboxylic acids is 1. The summed E-state index contributed by atoms with van der Waals surface area (Å²) in [6.07, 6.45) is 0.146. The van der Waals surface area contributed by atoms with Gasteiger partial charge in [-0.25, -0.2) is 0 Å². The minimum absolute atomic E-state index is 0.103. The molecule has 2 rings (SSSR count). The molecule has 2 unspecified atom stereocenters. The molecular formula is C15H9BrN4O. The largest absolute Gasteiger partial charge is 0.327 e. The molecule has 0 aromatic heterocycles. The second-order valence-electron chi connectivity index (χ2n) is 4.53. The molecular weight excluding hydrogens is 332 g/mol. The number of hydrogen-bond donors (Lipinski definition) is 1. The van der Waals surface area contributed by atoms with Crippen molar-refractivity contribution < 1.29 is 4.79 Å². The summed E-state index contributed by atoms with van der Waals surface area (Å²) in [4.78, 5) is 11.8. The fourth-order valence-corrected chi connectivity index (χ4v) is 2.60. The number of benzene rings is 1. The maximum Gasteiger partial charge on any atom is 0.224 e. The Labute approximate surface area is 130 Å². The molecule has 102 valence electrons. The van der Waals surface area contributed by atoms with E-state index in [0.29, 0.717) is 0 Å². The van der Waals surface area contributed by atoms with Crippen LogP contribution in [-0.2, 0) is 4.79 Å². The van der Waals surface area contributed by atoms with Crippen LogP contribution in [0.25, 0.3) is 0 Å². The van der Waals surface area contributed by atoms with Gasteiger partial charge in [0.05, 0.1) is 17.7 Å². The smallest absolute Gasteiger partial charge is 0.224 e. The van der Waals surface area contributed by atoms with Crippen LogP contribution < -0.4 is 5.32 Å². The van der Waals surface area contributed by atoms with Crippen LogP contribution in [-0.4, -0.2) is 5.91 Å². The number of halogens is 1. The quantitative estimate of drug-likeness (QED) is 0.793. The lowest BCUT2D eigenvalue weighted by molar-refractivity contribution is -0.122. The number of allylic oxidation sites excluding steroid dienone is 2. The molecule has 1 N–H and O–H groups in total. The number of nitrogens with one attached hydrogen (secondary N) is 1.